The van der Waals surface area contributed by atoms with Crippen LogP contribution in [0, 0.1) is 23.7 Å². The molecule has 0 aliphatic carbocycles. The maximum Gasteiger partial charge on any atom is 0.472 e. The molecule has 0 aliphatic rings. The topological polar surface area (TPSA) is 237 Å². The van der Waals surface area contributed by atoms with Crippen molar-refractivity contribution in [2.24, 2.45) is 23.7 Å². The van der Waals surface area contributed by atoms with Crippen molar-refractivity contribution in [2.75, 3.05) is 39.6 Å². The maximum atomic E-state index is 13.1. The van der Waals surface area contributed by atoms with Gasteiger partial charge in [-0.05, 0) is 49.4 Å². The summed E-state index contributed by atoms with van der Waals surface area (Å²) in [7, 11) is -9.92. The molecule has 5 unspecified atom stereocenters. The molecule has 0 aromatic heterocycles. The quantitative estimate of drug-likeness (QED) is 0.0222. The maximum absolute atomic E-state index is 13.1. The third-order valence-electron chi connectivity index (χ3n) is 19.3. The zero-order chi connectivity index (χ0) is 73.1. The van der Waals surface area contributed by atoms with Gasteiger partial charge in [-0.1, -0.05) is 357 Å². The molecule has 17 nitrogen and oxygen atoms in total. The Morgan fingerprint density at radius 2 is 0.485 bits per heavy atom. The molecule has 0 amide bonds. The van der Waals surface area contributed by atoms with E-state index in [9.17, 15) is 43.2 Å². The summed E-state index contributed by atoms with van der Waals surface area (Å²) in [4.78, 5) is 72.9. The van der Waals surface area contributed by atoms with Gasteiger partial charge in [0.25, 0.3) is 0 Å². The van der Waals surface area contributed by atoms with E-state index >= 15 is 0 Å². The van der Waals surface area contributed by atoms with E-state index < -0.39 is 97.5 Å². The second-order valence-corrected chi connectivity index (χ2v) is 33.1. The molecule has 0 aromatic rings. The first-order chi connectivity index (χ1) is 47.7. The largest absolute Gasteiger partial charge is 0.472 e. The number of hydrogen-bond donors (Lipinski definition) is 3. The van der Waals surface area contributed by atoms with Gasteiger partial charge < -0.3 is 33.8 Å². The zero-order valence-corrected chi connectivity index (χ0v) is 66.9. The zero-order valence-electron chi connectivity index (χ0n) is 65.1. The molecule has 0 fully saturated rings. The van der Waals surface area contributed by atoms with Crippen molar-refractivity contribution >= 4 is 39.5 Å². The Kier molecular flexibility index (Phi) is 67.8. The van der Waals surface area contributed by atoms with Crippen LogP contribution < -0.4 is 0 Å². The standard InChI is InChI=1S/C80H156O17P2/c1-9-72(7)58-50-42-34-25-21-17-15-13-11-12-14-16-18-22-26-38-46-54-62-79(84)96-76(67-91-78(83)61-53-45-37-31-29-35-43-51-59-73(8)10-2)69-95-99(88,89)93-65-74(81)64-92-98(86,87)94-68-75(66-90-77(82)60-52-44-36-30-28-33-41-49-57-71(5)6)97-80(85)63-55-47-39-27-23-19-20-24-32-40-48-56-70(3)4/h70-76,81H,9-69H2,1-8H3,(H,86,87)(H,88,89)/t72?,73?,74?,75-,76-/m1/s1. The van der Waals surface area contributed by atoms with Crippen molar-refractivity contribution in [3.8, 4) is 0 Å². The number of phosphoric acid groups is 2. The van der Waals surface area contributed by atoms with Crippen LogP contribution in [0.15, 0.2) is 0 Å². The fraction of sp³-hybridized carbons (Fsp3) is 0.950. The van der Waals surface area contributed by atoms with Gasteiger partial charge in [0.2, 0.25) is 0 Å². The number of hydrogen-bond acceptors (Lipinski definition) is 15. The first-order valence-corrected chi connectivity index (χ1v) is 44.3. The van der Waals surface area contributed by atoms with Crippen molar-refractivity contribution in [2.45, 2.75) is 427 Å². The number of ether oxygens (including phenoxy) is 4. The van der Waals surface area contributed by atoms with Crippen LogP contribution in [0.25, 0.3) is 0 Å². The molecule has 0 saturated carbocycles. The minimum absolute atomic E-state index is 0.106. The van der Waals surface area contributed by atoms with Gasteiger partial charge in [-0.3, -0.25) is 37.3 Å². The van der Waals surface area contributed by atoms with Gasteiger partial charge in [0.05, 0.1) is 26.4 Å². The highest BCUT2D eigenvalue weighted by Gasteiger charge is 2.30. The SMILES string of the molecule is CCC(C)CCCCCCCCCCCCCCCCCCCCC(=O)O[C@H](COC(=O)CCCCCCCCCCC(C)CC)COP(=O)(O)OCC(O)COP(=O)(O)OC[C@@H](COC(=O)CCCCCCCCCCC(C)C)OC(=O)CCCCCCCCCCCCCC(C)C. The van der Waals surface area contributed by atoms with Crippen LogP contribution in [0.5, 0.6) is 0 Å². The van der Waals surface area contributed by atoms with Gasteiger partial charge in [-0.25, -0.2) is 9.13 Å². The minimum atomic E-state index is -4.96. The highest BCUT2D eigenvalue weighted by atomic mass is 31.2. The molecule has 7 atom stereocenters. The van der Waals surface area contributed by atoms with E-state index in [1.807, 2.05) is 0 Å². The highest BCUT2D eigenvalue weighted by Crippen LogP contribution is 2.45. The third-order valence-corrected chi connectivity index (χ3v) is 21.2. The van der Waals surface area contributed by atoms with E-state index in [1.165, 1.54) is 212 Å². The molecular formula is C80H156O17P2. The molecule has 0 saturated heterocycles. The molecular weight excluding hydrogens is 1290 g/mol. The van der Waals surface area contributed by atoms with Gasteiger partial charge in [0.15, 0.2) is 12.2 Å². The molecule has 0 heterocycles. The van der Waals surface area contributed by atoms with Crippen molar-refractivity contribution in [1.82, 2.24) is 0 Å². The average molecular weight is 1450 g/mol. The van der Waals surface area contributed by atoms with Crippen LogP contribution in [-0.4, -0.2) is 96.7 Å². The minimum Gasteiger partial charge on any atom is -0.462 e. The van der Waals surface area contributed by atoms with E-state index in [0.29, 0.717) is 25.7 Å². The summed E-state index contributed by atoms with van der Waals surface area (Å²) in [5.74, 6) is 1.02. The number of aliphatic hydroxyl groups is 1. The Bertz CT molecular complexity index is 1940. The lowest BCUT2D eigenvalue weighted by Crippen LogP contribution is -2.30. The second-order valence-electron chi connectivity index (χ2n) is 30.2. The third kappa shape index (κ3) is 71.5. The molecule has 588 valence electrons. The molecule has 0 bridgehead atoms. The summed E-state index contributed by atoms with van der Waals surface area (Å²) in [6, 6.07) is 0. The Balaban J connectivity index is 5.21. The normalized spacial score (nSPS) is 14.6. The van der Waals surface area contributed by atoms with Crippen LogP contribution in [0.4, 0.5) is 0 Å². The van der Waals surface area contributed by atoms with Gasteiger partial charge in [-0.2, -0.15) is 0 Å². The number of aliphatic hydroxyl groups excluding tert-OH is 1. The Hall–Kier alpha value is -1.94. The number of carbonyl (C=O) groups excluding carboxylic acids is 4. The van der Waals surface area contributed by atoms with E-state index in [0.717, 1.165) is 114 Å². The fourth-order valence-corrected chi connectivity index (χ4v) is 13.8. The lowest BCUT2D eigenvalue weighted by molar-refractivity contribution is -0.161. The average Bonchev–Trinajstić information content (AvgIpc) is 0.951. The van der Waals surface area contributed by atoms with Gasteiger partial charge >= 0.3 is 39.5 Å². The highest BCUT2D eigenvalue weighted by molar-refractivity contribution is 7.47. The van der Waals surface area contributed by atoms with E-state index in [4.69, 9.17) is 37.0 Å². The van der Waals surface area contributed by atoms with Crippen molar-refractivity contribution < 1.29 is 80.2 Å². The summed E-state index contributed by atoms with van der Waals surface area (Å²) < 4.78 is 68.7. The Labute approximate surface area is 607 Å². The van der Waals surface area contributed by atoms with Gasteiger partial charge in [-0.15, -0.1) is 0 Å². The summed E-state index contributed by atoms with van der Waals surface area (Å²) >= 11 is 0. The van der Waals surface area contributed by atoms with Crippen LogP contribution in [0.3, 0.4) is 0 Å². The Morgan fingerprint density at radius 1 is 0.283 bits per heavy atom. The summed E-state index contributed by atoms with van der Waals surface area (Å²) in [5, 5.41) is 10.6. The molecule has 19 heteroatoms. The molecule has 0 spiro atoms. The predicted molar refractivity (Wildman–Crippen MR) is 404 cm³/mol. The monoisotopic (exact) mass is 1450 g/mol. The number of carbonyl (C=O) groups is 4. The van der Waals surface area contributed by atoms with E-state index in [1.54, 1.807) is 0 Å². The molecule has 3 N–H and O–H groups in total. The van der Waals surface area contributed by atoms with Crippen LogP contribution in [0.1, 0.15) is 409 Å². The van der Waals surface area contributed by atoms with Crippen molar-refractivity contribution in [3.05, 3.63) is 0 Å². The van der Waals surface area contributed by atoms with Gasteiger partial charge in [0.1, 0.15) is 19.3 Å². The Morgan fingerprint density at radius 3 is 0.717 bits per heavy atom. The summed E-state index contributed by atoms with van der Waals surface area (Å²) in [5.41, 5.74) is 0. The van der Waals surface area contributed by atoms with Gasteiger partial charge in [0, 0.05) is 25.7 Å². The smallest absolute Gasteiger partial charge is 0.462 e. The molecule has 0 aliphatic heterocycles. The number of rotatable bonds is 77. The molecule has 0 aromatic carbocycles. The van der Waals surface area contributed by atoms with E-state index in [-0.39, 0.29) is 25.7 Å². The summed E-state index contributed by atoms with van der Waals surface area (Å²) in [6.07, 6.45) is 55.5. The van der Waals surface area contributed by atoms with Crippen molar-refractivity contribution in [3.63, 3.8) is 0 Å². The van der Waals surface area contributed by atoms with E-state index in [2.05, 4.69) is 55.4 Å². The second kappa shape index (κ2) is 69.1. The number of phosphoric ester groups is 2. The molecule has 99 heavy (non-hydrogen) atoms. The molecule has 0 rings (SSSR count). The first kappa shape index (κ1) is 97.1. The molecule has 0 radical (unpaired) electrons. The fourth-order valence-electron chi connectivity index (χ4n) is 12.2. The predicted octanol–water partition coefficient (Wildman–Crippen LogP) is 23.6. The number of unbranched alkanes of at least 4 members (excludes halogenated alkanes) is 41. The van der Waals surface area contributed by atoms with Crippen LogP contribution >= 0.6 is 15.6 Å². The lowest BCUT2D eigenvalue weighted by atomic mass is 9.99. The van der Waals surface area contributed by atoms with Crippen molar-refractivity contribution in [1.29, 1.82) is 0 Å². The summed E-state index contributed by atoms with van der Waals surface area (Å²) in [6.45, 7) is 14.3. The van der Waals surface area contributed by atoms with Crippen LogP contribution in [-0.2, 0) is 65.4 Å². The first-order valence-electron chi connectivity index (χ1n) is 41.3. The van der Waals surface area contributed by atoms with Crippen LogP contribution in [0.2, 0.25) is 0 Å². The number of esters is 4. The lowest BCUT2D eigenvalue weighted by Gasteiger charge is -2.21.